The Morgan fingerprint density at radius 3 is 2.68 bits per heavy atom. The van der Waals surface area contributed by atoms with Crippen molar-refractivity contribution in [2.45, 2.75) is 6.04 Å². The van der Waals surface area contributed by atoms with E-state index in [-0.39, 0.29) is 6.61 Å². The molecule has 2 aromatic rings. The Morgan fingerprint density at radius 2 is 2.05 bits per heavy atom. The normalized spacial score (nSPS) is 11.3. The molecule has 0 bridgehead atoms. The molecule has 0 aliphatic rings. The van der Waals surface area contributed by atoms with Crippen LogP contribution in [0.2, 0.25) is 10.0 Å². The van der Waals surface area contributed by atoms with Crippen LogP contribution in [0.3, 0.4) is 0 Å². The van der Waals surface area contributed by atoms with Crippen molar-refractivity contribution >= 4 is 29.1 Å². The van der Waals surface area contributed by atoms with Gasteiger partial charge in [0.15, 0.2) is 6.61 Å². The molecule has 1 atom stereocenters. The Bertz CT molecular complexity index is 702. The maximum Gasteiger partial charge on any atom is 0.259 e. The fraction of sp³-hybridized carbons (Fsp3) is 0.133. The van der Waals surface area contributed by atoms with Crippen LogP contribution in [0.25, 0.3) is 0 Å². The van der Waals surface area contributed by atoms with E-state index in [9.17, 15) is 4.79 Å². The largest absolute Gasteiger partial charge is 0.482 e. The molecule has 1 aromatic heterocycles. The Labute approximate surface area is 137 Å². The zero-order valence-electron chi connectivity index (χ0n) is 11.3. The van der Waals surface area contributed by atoms with E-state index in [0.717, 1.165) is 0 Å². The van der Waals surface area contributed by atoms with Crippen molar-refractivity contribution in [1.82, 2.24) is 10.3 Å². The number of carbonyl (C=O) groups excluding carboxylic acids is 1. The zero-order chi connectivity index (χ0) is 15.9. The second kappa shape index (κ2) is 7.64. The molecule has 0 saturated heterocycles. The van der Waals surface area contributed by atoms with Crippen LogP contribution in [-0.4, -0.2) is 17.5 Å². The number of rotatable bonds is 5. The first-order chi connectivity index (χ1) is 10.6. The molecule has 1 aromatic carbocycles. The zero-order valence-corrected chi connectivity index (χ0v) is 12.8. The number of benzene rings is 1. The Hall–Kier alpha value is -2.29. The van der Waals surface area contributed by atoms with Crippen LogP contribution in [0.1, 0.15) is 11.6 Å². The number of hydrogen-bond donors (Lipinski definition) is 1. The number of carbonyl (C=O) groups is 1. The summed E-state index contributed by atoms with van der Waals surface area (Å²) in [6.07, 6.45) is 3.10. The molecular formula is C15H11Cl2N3O2. The number of pyridine rings is 1. The Kier molecular flexibility index (Phi) is 5.59. The van der Waals surface area contributed by atoms with Gasteiger partial charge >= 0.3 is 0 Å². The maximum absolute atomic E-state index is 11.9. The lowest BCUT2D eigenvalue weighted by atomic mass is 10.1. The summed E-state index contributed by atoms with van der Waals surface area (Å²) in [4.78, 5) is 15.7. The minimum Gasteiger partial charge on any atom is -0.482 e. The van der Waals surface area contributed by atoms with Gasteiger partial charge in [0, 0.05) is 17.4 Å². The summed E-state index contributed by atoms with van der Waals surface area (Å²) in [5.41, 5.74) is 0.648. The van der Waals surface area contributed by atoms with Gasteiger partial charge in [0.2, 0.25) is 0 Å². The summed E-state index contributed by atoms with van der Waals surface area (Å²) in [6, 6.07) is 9.26. The molecule has 1 heterocycles. The quantitative estimate of drug-likeness (QED) is 0.910. The third-order valence-electron chi connectivity index (χ3n) is 2.73. The molecule has 1 amide bonds. The third kappa shape index (κ3) is 4.35. The van der Waals surface area contributed by atoms with Crippen molar-refractivity contribution in [3.8, 4) is 11.8 Å². The van der Waals surface area contributed by atoms with Crippen LogP contribution in [-0.2, 0) is 4.79 Å². The molecule has 1 N–H and O–H groups in total. The van der Waals surface area contributed by atoms with E-state index in [0.29, 0.717) is 21.4 Å². The van der Waals surface area contributed by atoms with Crippen molar-refractivity contribution in [3.05, 3.63) is 58.3 Å². The topological polar surface area (TPSA) is 75.0 Å². The van der Waals surface area contributed by atoms with Gasteiger partial charge in [-0.2, -0.15) is 5.26 Å². The summed E-state index contributed by atoms with van der Waals surface area (Å²) >= 11 is 11.7. The predicted molar refractivity (Wildman–Crippen MR) is 82.7 cm³/mol. The monoisotopic (exact) mass is 335 g/mol. The second-order valence-corrected chi connectivity index (χ2v) is 5.12. The first kappa shape index (κ1) is 16.1. The second-order valence-electron chi connectivity index (χ2n) is 4.27. The number of amides is 1. The fourth-order valence-electron chi connectivity index (χ4n) is 1.68. The van der Waals surface area contributed by atoms with Gasteiger partial charge in [-0.15, -0.1) is 0 Å². The van der Waals surface area contributed by atoms with Gasteiger partial charge in [-0.3, -0.25) is 9.78 Å². The lowest BCUT2D eigenvalue weighted by Crippen LogP contribution is -2.32. The van der Waals surface area contributed by atoms with E-state index < -0.39 is 11.9 Å². The molecule has 0 saturated carbocycles. The first-order valence-electron chi connectivity index (χ1n) is 6.27. The molecule has 2 rings (SSSR count). The number of ether oxygens (including phenoxy) is 1. The van der Waals surface area contributed by atoms with E-state index in [1.165, 1.54) is 6.07 Å². The minimum absolute atomic E-state index is 0.259. The summed E-state index contributed by atoms with van der Waals surface area (Å²) < 4.78 is 5.31. The fourth-order valence-corrected chi connectivity index (χ4v) is 2.15. The summed E-state index contributed by atoms with van der Waals surface area (Å²) in [5, 5.41) is 12.5. The highest BCUT2D eigenvalue weighted by atomic mass is 35.5. The predicted octanol–water partition coefficient (Wildman–Crippen LogP) is 3.15. The molecular weight excluding hydrogens is 325 g/mol. The number of nitrogens with zero attached hydrogens (tertiary/aromatic N) is 2. The standard InChI is InChI=1S/C15H11Cl2N3O2/c16-11-1-2-14(12(17)7-11)22-9-15(21)20-13(8-18)10-3-5-19-6-4-10/h1-7,13H,9H2,(H,20,21). The Balaban J connectivity index is 1.94. The Morgan fingerprint density at radius 1 is 1.32 bits per heavy atom. The smallest absolute Gasteiger partial charge is 0.259 e. The summed E-state index contributed by atoms with van der Waals surface area (Å²) in [5.74, 6) is -0.0898. The van der Waals surface area contributed by atoms with Gasteiger partial charge < -0.3 is 10.1 Å². The van der Waals surface area contributed by atoms with Crippen molar-refractivity contribution in [1.29, 1.82) is 5.26 Å². The van der Waals surface area contributed by atoms with Crippen LogP contribution in [0.5, 0.6) is 5.75 Å². The number of halogens is 2. The van der Waals surface area contributed by atoms with Gasteiger partial charge in [0.25, 0.3) is 5.91 Å². The number of aromatic nitrogens is 1. The SMILES string of the molecule is N#CC(NC(=O)COc1ccc(Cl)cc1Cl)c1ccncc1. The lowest BCUT2D eigenvalue weighted by Gasteiger charge is -2.13. The molecule has 0 aliphatic heterocycles. The molecule has 7 heteroatoms. The number of hydrogen-bond acceptors (Lipinski definition) is 4. The van der Waals surface area contributed by atoms with Crippen LogP contribution >= 0.6 is 23.2 Å². The van der Waals surface area contributed by atoms with E-state index >= 15 is 0 Å². The van der Waals surface area contributed by atoms with E-state index in [1.807, 2.05) is 6.07 Å². The van der Waals surface area contributed by atoms with Gasteiger partial charge in [0.05, 0.1) is 11.1 Å². The molecule has 1 unspecified atom stereocenters. The highest BCUT2D eigenvalue weighted by Gasteiger charge is 2.14. The van der Waals surface area contributed by atoms with Gasteiger partial charge in [-0.05, 0) is 35.9 Å². The van der Waals surface area contributed by atoms with E-state index in [4.69, 9.17) is 33.2 Å². The van der Waals surface area contributed by atoms with Crippen molar-refractivity contribution in [3.63, 3.8) is 0 Å². The van der Waals surface area contributed by atoms with Gasteiger partial charge in [-0.1, -0.05) is 23.2 Å². The summed E-state index contributed by atoms with van der Waals surface area (Å²) in [7, 11) is 0. The number of nitriles is 1. The number of nitrogens with one attached hydrogen (secondary N) is 1. The van der Waals surface area contributed by atoms with Crippen LogP contribution < -0.4 is 10.1 Å². The summed E-state index contributed by atoms with van der Waals surface area (Å²) in [6.45, 7) is -0.259. The van der Waals surface area contributed by atoms with Crippen molar-refractivity contribution in [2.75, 3.05) is 6.61 Å². The molecule has 0 radical (unpaired) electrons. The molecule has 5 nitrogen and oxygen atoms in total. The first-order valence-corrected chi connectivity index (χ1v) is 7.02. The highest BCUT2D eigenvalue weighted by molar-refractivity contribution is 6.35. The van der Waals surface area contributed by atoms with Crippen LogP contribution in [0, 0.1) is 11.3 Å². The maximum atomic E-state index is 11.9. The minimum atomic E-state index is -0.764. The molecule has 0 spiro atoms. The van der Waals surface area contributed by atoms with Crippen LogP contribution in [0.4, 0.5) is 0 Å². The van der Waals surface area contributed by atoms with Crippen molar-refractivity contribution < 1.29 is 9.53 Å². The van der Waals surface area contributed by atoms with Gasteiger partial charge in [0.1, 0.15) is 11.8 Å². The van der Waals surface area contributed by atoms with Crippen LogP contribution in [0.15, 0.2) is 42.7 Å². The van der Waals surface area contributed by atoms with E-state index in [1.54, 1.807) is 36.7 Å². The lowest BCUT2D eigenvalue weighted by molar-refractivity contribution is -0.123. The third-order valence-corrected chi connectivity index (χ3v) is 3.26. The van der Waals surface area contributed by atoms with Gasteiger partial charge in [-0.25, -0.2) is 0 Å². The average molecular weight is 336 g/mol. The average Bonchev–Trinajstić information content (AvgIpc) is 2.52. The van der Waals surface area contributed by atoms with Crippen molar-refractivity contribution in [2.24, 2.45) is 0 Å². The molecule has 22 heavy (non-hydrogen) atoms. The molecule has 112 valence electrons. The molecule has 0 fully saturated rings. The van der Waals surface area contributed by atoms with E-state index in [2.05, 4.69) is 10.3 Å². The highest BCUT2D eigenvalue weighted by Crippen LogP contribution is 2.27. The molecule has 0 aliphatic carbocycles.